The Morgan fingerprint density at radius 3 is 2.24 bits per heavy atom. The van der Waals surface area contributed by atoms with E-state index in [2.05, 4.69) is 22.2 Å². The van der Waals surface area contributed by atoms with Gasteiger partial charge in [0.05, 0.1) is 6.04 Å². The molecule has 1 fully saturated rings. The molecule has 3 N–H and O–H groups in total. The summed E-state index contributed by atoms with van der Waals surface area (Å²) in [5, 5.41) is 3.04. The van der Waals surface area contributed by atoms with Crippen LogP contribution in [0.3, 0.4) is 0 Å². The number of carbonyl (C=O) groups is 1. The molecule has 1 aromatic carbocycles. The number of piperazine rings is 1. The zero-order chi connectivity index (χ0) is 15.9. The van der Waals surface area contributed by atoms with Gasteiger partial charge in [-0.25, -0.2) is 0 Å². The summed E-state index contributed by atoms with van der Waals surface area (Å²) in [6, 6.07) is 9.54. The molecule has 1 aliphatic rings. The van der Waals surface area contributed by atoms with Crippen molar-refractivity contribution in [1.29, 1.82) is 0 Å². The average molecular weight is 414 g/mol. The Morgan fingerprint density at radius 2 is 1.68 bits per heavy atom. The molecule has 1 heterocycles. The van der Waals surface area contributed by atoms with Crippen LogP contribution in [0.4, 0.5) is 0 Å². The Morgan fingerprint density at radius 1 is 1.12 bits per heavy atom. The van der Waals surface area contributed by atoms with Crippen molar-refractivity contribution in [2.75, 3.05) is 39.8 Å². The summed E-state index contributed by atoms with van der Waals surface area (Å²) < 4.78 is 0. The molecule has 0 aliphatic carbocycles. The van der Waals surface area contributed by atoms with Crippen LogP contribution in [0.2, 0.25) is 0 Å². The highest BCUT2D eigenvalue weighted by Crippen LogP contribution is 2.03. The highest BCUT2D eigenvalue weighted by molar-refractivity contribution is 5.86. The third kappa shape index (κ3) is 9.64. The molecule has 5 nitrogen and oxygen atoms in total. The fourth-order valence-corrected chi connectivity index (χ4v) is 2.77. The molecule has 1 saturated heterocycles. The molecule has 0 saturated carbocycles. The van der Waals surface area contributed by atoms with Gasteiger partial charge in [-0.2, -0.15) is 0 Å². The minimum atomic E-state index is -0.489. The van der Waals surface area contributed by atoms with Gasteiger partial charge in [-0.15, -0.1) is 37.2 Å². The van der Waals surface area contributed by atoms with E-state index in [1.54, 1.807) is 0 Å². The summed E-state index contributed by atoms with van der Waals surface area (Å²) in [4.78, 5) is 16.9. The molecule has 0 bridgehead atoms. The van der Waals surface area contributed by atoms with Gasteiger partial charge >= 0.3 is 0 Å². The zero-order valence-electron chi connectivity index (χ0n) is 14.9. The lowest BCUT2D eigenvalue weighted by Crippen LogP contribution is -2.52. The van der Waals surface area contributed by atoms with E-state index in [9.17, 15) is 4.79 Å². The molecule has 1 amide bonds. The van der Waals surface area contributed by atoms with Crippen molar-refractivity contribution in [2.24, 2.45) is 5.73 Å². The summed E-state index contributed by atoms with van der Waals surface area (Å²) in [5.41, 5.74) is 7.11. The third-order valence-electron chi connectivity index (χ3n) is 4.15. The Kier molecular flexibility index (Phi) is 14.5. The molecule has 25 heavy (non-hydrogen) atoms. The summed E-state index contributed by atoms with van der Waals surface area (Å²) in [6.07, 6.45) is 0.577. The van der Waals surface area contributed by atoms with Gasteiger partial charge in [0.1, 0.15) is 0 Å². The lowest BCUT2D eigenvalue weighted by Gasteiger charge is -2.34. The van der Waals surface area contributed by atoms with E-state index in [1.165, 1.54) is 0 Å². The van der Waals surface area contributed by atoms with E-state index in [-0.39, 0.29) is 49.2 Å². The fraction of sp³-hybridized carbons (Fsp3) is 0.588. The van der Waals surface area contributed by atoms with E-state index < -0.39 is 6.04 Å². The number of carbonyl (C=O) groups excluding carboxylic acids is 1. The fourth-order valence-electron chi connectivity index (χ4n) is 2.77. The Bertz CT molecular complexity index is 470. The number of nitrogens with two attached hydrogens (primary N) is 1. The van der Waals surface area contributed by atoms with Crippen molar-refractivity contribution in [3.8, 4) is 0 Å². The third-order valence-corrected chi connectivity index (χ3v) is 4.15. The normalized spacial score (nSPS) is 17.2. The van der Waals surface area contributed by atoms with Crippen LogP contribution in [0.25, 0.3) is 0 Å². The minimum absolute atomic E-state index is 0. The van der Waals surface area contributed by atoms with Crippen LogP contribution in [0.5, 0.6) is 0 Å². The first-order valence-corrected chi connectivity index (χ1v) is 8.05. The van der Waals surface area contributed by atoms with Gasteiger partial charge in [0.15, 0.2) is 0 Å². The second-order valence-corrected chi connectivity index (χ2v) is 6.31. The first-order valence-electron chi connectivity index (χ1n) is 8.05. The highest BCUT2D eigenvalue weighted by Gasteiger charge is 2.19. The smallest absolute Gasteiger partial charge is 0.237 e. The number of likely N-dealkylation sites (N-methyl/N-ethyl adjacent to an activating group) is 1. The number of benzene rings is 1. The van der Waals surface area contributed by atoms with E-state index in [0.717, 1.165) is 38.3 Å². The lowest BCUT2D eigenvalue weighted by molar-refractivity contribution is -0.123. The maximum Gasteiger partial charge on any atom is 0.237 e. The Hall–Kier alpha value is -0.560. The van der Waals surface area contributed by atoms with Crippen molar-refractivity contribution < 1.29 is 4.79 Å². The van der Waals surface area contributed by atoms with Gasteiger partial charge in [-0.05, 0) is 26.0 Å². The minimum Gasteiger partial charge on any atom is -0.351 e. The molecule has 0 radical (unpaired) electrons. The van der Waals surface area contributed by atoms with Crippen molar-refractivity contribution >= 4 is 43.1 Å². The maximum atomic E-state index is 12.2. The predicted molar refractivity (Wildman–Crippen MR) is 111 cm³/mol. The number of hydrogen-bond donors (Lipinski definition) is 2. The number of rotatable bonds is 6. The monoisotopic (exact) mass is 412 g/mol. The number of nitrogens with one attached hydrogen (secondary N) is 1. The zero-order valence-corrected chi connectivity index (χ0v) is 17.3. The Labute approximate surface area is 169 Å². The number of amides is 1. The van der Waals surface area contributed by atoms with E-state index in [4.69, 9.17) is 5.73 Å². The molecule has 8 heteroatoms. The molecule has 0 spiro atoms. The van der Waals surface area contributed by atoms with Gasteiger partial charge in [0.25, 0.3) is 0 Å². The summed E-state index contributed by atoms with van der Waals surface area (Å²) >= 11 is 0. The molecule has 1 aliphatic heterocycles. The number of halogens is 3. The molecular weight excluding hydrogens is 383 g/mol. The van der Waals surface area contributed by atoms with Crippen LogP contribution in [0.15, 0.2) is 30.3 Å². The van der Waals surface area contributed by atoms with Crippen molar-refractivity contribution in [2.45, 2.75) is 25.4 Å². The second-order valence-electron chi connectivity index (χ2n) is 6.31. The summed E-state index contributed by atoms with van der Waals surface area (Å²) in [5.74, 6) is -0.0644. The highest BCUT2D eigenvalue weighted by atomic mass is 35.5. The largest absolute Gasteiger partial charge is 0.351 e. The van der Waals surface area contributed by atoms with Crippen molar-refractivity contribution in [1.82, 2.24) is 15.1 Å². The first kappa shape index (κ1) is 26.7. The molecule has 1 aromatic rings. The molecule has 0 aromatic heterocycles. The molecule has 2 rings (SSSR count). The predicted octanol–water partition coefficient (Wildman–Crippen LogP) is 1.57. The molecule has 146 valence electrons. The van der Waals surface area contributed by atoms with Crippen LogP contribution in [0.1, 0.15) is 12.5 Å². The van der Waals surface area contributed by atoms with Gasteiger partial charge in [-0.3, -0.25) is 9.69 Å². The quantitative estimate of drug-likeness (QED) is 0.743. The maximum absolute atomic E-state index is 12.2. The lowest BCUT2D eigenvalue weighted by atomic mass is 10.1. The van der Waals surface area contributed by atoms with Gasteiger partial charge in [0.2, 0.25) is 5.91 Å². The van der Waals surface area contributed by atoms with Crippen LogP contribution in [-0.2, 0) is 11.2 Å². The van der Waals surface area contributed by atoms with Crippen molar-refractivity contribution in [3.63, 3.8) is 0 Å². The summed E-state index contributed by atoms with van der Waals surface area (Å²) in [6.45, 7) is 7.24. The molecular formula is C17H31Cl3N4O. The topological polar surface area (TPSA) is 61.6 Å². The van der Waals surface area contributed by atoms with E-state index >= 15 is 0 Å². The van der Waals surface area contributed by atoms with Crippen LogP contribution in [0, 0.1) is 0 Å². The van der Waals surface area contributed by atoms with E-state index in [0.29, 0.717) is 6.42 Å². The van der Waals surface area contributed by atoms with Gasteiger partial charge < -0.3 is 16.0 Å². The number of hydrogen-bond acceptors (Lipinski definition) is 4. The van der Waals surface area contributed by atoms with Gasteiger partial charge in [0, 0.05) is 38.8 Å². The van der Waals surface area contributed by atoms with Crippen LogP contribution >= 0.6 is 37.2 Å². The summed E-state index contributed by atoms with van der Waals surface area (Å²) in [7, 11) is 2.14. The van der Waals surface area contributed by atoms with E-state index in [1.807, 2.05) is 37.3 Å². The van der Waals surface area contributed by atoms with Gasteiger partial charge in [-0.1, -0.05) is 30.3 Å². The Balaban J connectivity index is 0. The average Bonchev–Trinajstić information content (AvgIpc) is 2.50. The standard InChI is InChI=1S/C17H28N4O.3ClH/c1-14(13-21-10-8-20(2)9-11-21)19-17(22)16(18)12-15-6-4-3-5-7-15;;;/h3-7,14,16H,8-13,18H2,1-2H3,(H,19,22);3*1H. The SMILES string of the molecule is CC(CN1CCN(C)CC1)NC(=O)C(N)Cc1ccccc1.Cl.Cl.Cl. The number of nitrogens with zero attached hydrogens (tertiary/aromatic N) is 2. The van der Waals surface area contributed by atoms with Crippen LogP contribution < -0.4 is 11.1 Å². The molecule has 2 unspecified atom stereocenters. The molecule has 2 atom stereocenters. The van der Waals surface area contributed by atoms with Crippen molar-refractivity contribution in [3.05, 3.63) is 35.9 Å². The van der Waals surface area contributed by atoms with Crippen LogP contribution in [-0.4, -0.2) is 67.6 Å². The second kappa shape index (κ2) is 13.6. The first-order chi connectivity index (χ1) is 10.5.